The van der Waals surface area contributed by atoms with Crippen LogP contribution in [-0.4, -0.2) is 77.6 Å². The number of piperazine rings is 1. The molecule has 0 N–H and O–H groups in total. The molecule has 4 rings (SSSR count). The normalized spacial score (nSPS) is 22.1. The summed E-state index contributed by atoms with van der Waals surface area (Å²) in [6.07, 6.45) is 8.81. The molecular formula is C27H44ClN3O2. The van der Waals surface area contributed by atoms with E-state index in [0.29, 0.717) is 11.5 Å². The van der Waals surface area contributed by atoms with Crippen molar-refractivity contribution in [3.63, 3.8) is 0 Å². The van der Waals surface area contributed by atoms with Gasteiger partial charge in [-0.2, -0.15) is 0 Å². The van der Waals surface area contributed by atoms with Crippen molar-refractivity contribution in [2.24, 2.45) is 5.41 Å². The Morgan fingerprint density at radius 1 is 0.970 bits per heavy atom. The quantitative estimate of drug-likeness (QED) is 0.545. The van der Waals surface area contributed by atoms with Crippen LogP contribution in [-0.2, 0) is 9.47 Å². The minimum absolute atomic E-state index is 0. The smallest absolute Gasteiger partial charge is 0.0605 e. The number of rotatable bonds is 7. The number of halogens is 1. The van der Waals surface area contributed by atoms with Gasteiger partial charge in [0.25, 0.3) is 0 Å². The van der Waals surface area contributed by atoms with E-state index < -0.39 is 0 Å². The Labute approximate surface area is 207 Å². The number of anilines is 2. The number of piperidine rings is 1. The van der Waals surface area contributed by atoms with Crippen molar-refractivity contribution in [1.29, 1.82) is 0 Å². The van der Waals surface area contributed by atoms with Gasteiger partial charge >= 0.3 is 0 Å². The Morgan fingerprint density at radius 2 is 1.70 bits per heavy atom. The van der Waals surface area contributed by atoms with E-state index in [9.17, 15) is 0 Å². The molecule has 0 aromatic heterocycles. The second kappa shape index (κ2) is 11.9. The molecule has 0 atom stereocenters. The Hall–Kier alpha value is -1.27. The van der Waals surface area contributed by atoms with E-state index in [1.165, 1.54) is 36.2 Å². The molecule has 2 aliphatic heterocycles. The predicted molar refractivity (Wildman–Crippen MR) is 142 cm³/mol. The summed E-state index contributed by atoms with van der Waals surface area (Å²) in [5, 5.41) is 0. The summed E-state index contributed by atoms with van der Waals surface area (Å²) in [4.78, 5) is 7.69. The highest BCUT2D eigenvalue weighted by molar-refractivity contribution is 5.85. The Kier molecular flexibility index (Phi) is 9.52. The van der Waals surface area contributed by atoms with Crippen LogP contribution in [0.2, 0.25) is 0 Å². The molecule has 0 saturated carbocycles. The van der Waals surface area contributed by atoms with E-state index in [0.717, 1.165) is 65.3 Å². The fourth-order valence-corrected chi connectivity index (χ4v) is 5.36. The number of hydrogen-bond donors (Lipinski definition) is 0. The highest BCUT2D eigenvalue weighted by Crippen LogP contribution is 2.42. The molecular weight excluding hydrogens is 434 g/mol. The van der Waals surface area contributed by atoms with Crippen molar-refractivity contribution in [3.05, 3.63) is 29.8 Å². The van der Waals surface area contributed by atoms with Gasteiger partial charge in [-0.3, -0.25) is 4.90 Å². The second-order valence-corrected chi connectivity index (χ2v) is 10.5. The van der Waals surface area contributed by atoms with Crippen LogP contribution >= 0.6 is 12.4 Å². The third-order valence-electron chi connectivity index (χ3n) is 7.76. The van der Waals surface area contributed by atoms with Gasteiger partial charge < -0.3 is 19.3 Å². The first-order valence-corrected chi connectivity index (χ1v) is 12.6. The maximum Gasteiger partial charge on any atom is 0.0605 e. The molecule has 1 aromatic rings. The monoisotopic (exact) mass is 477 g/mol. The van der Waals surface area contributed by atoms with Crippen molar-refractivity contribution < 1.29 is 9.47 Å². The molecule has 0 amide bonds. The van der Waals surface area contributed by atoms with Gasteiger partial charge in [-0.25, -0.2) is 0 Å². The van der Waals surface area contributed by atoms with Crippen LogP contribution in [0.1, 0.15) is 51.5 Å². The van der Waals surface area contributed by atoms with Crippen molar-refractivity contribution in [3.8, 4) is 0 Å². The largest absolute Gasteiger partial charge is 0.383 e. The van der Waals surface area contributed by atoms with Crippen LogP contribution in [0.5, 0.6) is 0 Å². The topological polar surface area (TPSA) is 28.2 Å². The van der Waals surface area contributed by atoms with Crippen LogP contribution in [0, 0.1) is 5.41 Å². The molecule has 33 heavy (non-hydrogen) atoms. The molecule has 0 unspecified atom stereocenters. The van der Waals surface area contributed by atoms with Gasteiger partial charge in [0.2, 0.25) is 0 Å². The minimum Gasteiger partial charge on any atom is -0.383 e. The zero-order valence-corrected chi connectivity index (χ0v) is 22.0. The predicted octanol–water partition coefficient (Wildman–Crippen LogP) is 5.09. The fourth-order valence-electron chi connectivity index (χ4n) is 5.36. The molecule has 6 heteroatoms. The molecule has 0 bridgehead atoms. The second-order valence-electron chi connectivity index (χ2n) is 10.5. The summed E-state index contributed by atoms with van der Waals surface area (Å²) in [6, 6.07) is 7.25. The van der Waals surface area contributed by atoms with Gasteiger partial charge in [-0.1, -0.05) is 19.9 Å². The van der Waals surface area contributed by atoms with E-state index in [1.54, 1.807) is 12.7 Å². The minimum atomic E-state index is 0. The first-order valence-electron chi connectivity index (χ1n) is 12.6. The number of nitrogens with zero attached hydrogens (tertiary/aromatic N) is 3. The molecule has 1 aromatic carbocycles. The van der Waals surface area contributed by atoms with E-state index in [-0.39, 0.29) is 12.4 Å². The Morgan fingerprint density at radius 3 is 2.30 bits per heavy atom. The maximum absolute atomic E-state index is 5.59. The van der Waals surface area contributed by atoms with E-state index >= 15 is 0 Å². The van der Waals surface area contributed by atoms with E-state index in [4.69, 9.17) is 9.47 Å². The van der Waals surface area contributed by atoms with E-state index in [2.05, 4.69) is 52.8 Å². The van der Waals surface area contributed by atoms with Gasteiger partial charge in [-0.05, 0) is 61.3 Å². The lowest BCUT2D eigenvalue weighted by Crippen LogP contribution is -2.47. The zero-order chi connectivity index (χ0) is 22.6. The molecule has 0 radical (unpaired) electrons. The Bertz CT molecular complexity index is 782. The highest BCUT2D eigenvalue weighted by atomic mass is 35.5. The van der Waals surface area contributed by atoms with E-state index in [1.807, 2.05) is 7.11 Å². The van der Waals surface area contributed by atoms with Crippen molar-refractivity contribution in [2.75, 3.05) is 76.4 Å². The van der Waals surface area contributed by atoms with Crippen LogP contribution < -0.4 is 9.80 Å². The number of methoxy groups -OCH3 is 2. The van der Waals surface area contributed by atoms with Crippen LogP contribution in [0.3, 0.4) is 0 Å². The lowest BCUT2D eigenvalue weighted by atomic mass is 9.76. The zero-order valence-electron chi connectivity index (χ0n) is 21.1. The van der Waals surface area contributed by atoms with Gasteiger partial charge in [0.1, 0.15) is 0 Å². The average Bonchev–Trinajstić information content (AvgIpc) is 2.83. The third-order valence-corrected chi connectivity index (χ3v) is 7.76. The molecule has 186 valence electrons. The summed E-state index contributed by atoms with van der Waals surface area (Å²) >= 11 is 0. The molecule has 2 saturated heterocycles. The first kappa shape index (κ1) is 26.3. The average molecular weight is 478 g/mol. The number of hydrogen-bond acceptors (Lipinski definition) is 5. The van der Waals surface area contributed by atoms with Crippen molar-refractivity contribution in [1.82, 2.24) is 4.90 Å². The van der Waals surface area contributed by atoms with Gasteiger partial charge in [0, 0.05) is 77.0 Å². The summed E-state index contributed by atoms with van der Waals surface area (Å²) in [5.41, 5.74) is 6.25. The summed E-state index contributed by atoms with van der Waals surface area (Å²) in [5.74, 6) is 0. The van der Waals surface area contributed by atoms with Crippen molar-refractivity contribution in [2.45, 2.75) is 52.1 Å². The molecule has 1 aliphatic carbocycles. The SMILES string of the molecule is COCCN1CCN(c2ccc(N3CCC(OC)CC3)cc2C2=CCC(C)(C)CC2)CC1.Cl. The summed E-state index contributed by atoms with van der Waals surface area (Å²) in [7, 11) is 3.64. The number of benzene rings is 1. The fraction of sp³-hybridized carbons (Fsp3) is 0.704. The van der Waals surface area contributed by atoms with Gasteiger partial charge in [-0.15, -0.1) is 12.4 Å². The van der Waals surface area contributed by atoms with Gasteiger partial charge in [0.05, 0.1) is 12.7 Å². The van der Waals surface area contributed by atoms with Gasteiger partial charge in [0.15, 0.2) is 0 Å². The molecule has 5 nitrogen and oxygen atoms in total. The maximum atomic E-state index is 5.59. The van der Waals surface area contributed by atoms with Crippen LogP contribution in [0.15, 0.2) is 24.3 Å². The number of allylic oxidation sites excluding steroid dienone is 2. The molecule has 2 fully saturated rings. The molecule has 0 spiro atoms. The van der Waals surface area contributed by atoms with Crippen LogP contribution in [0.4, 0.5) is 11.4 Å². The molecule has 3 aliphatic rings. The van der Waals surface area contributed by atoms with Crippen molar-refractivity contribution >= 4 is 29.4 Å². The number of ether oxygens (including phenoxy) is 2. The molecule has 2 heterocycles. The standard InChI is InChI=1S/C27H43N3O2.ClH/c1-27(2)11-7-22(8-12-27)25-21-23(29-13-9-24(32-4)10-14-29)5-6-26(25)30-17-15-28(16-18-30)19-20-31-3;/h5-7,21,24H,8-20H2,1-4H3;1H. The Balaban J connectivity index is 0.00000306. The van der Waals surface area contributed by atoms with Crippen LogP contribution in [0.25, 0.3) is 5.57 Å². The summed E-state index contributed by atoms with van der Waals surface area (Å²) < 4.78 is 10.9. The first-order chi connectivity index (χ1) is 15.5. The summed E-state index contributed by atoms with van der Waals surface area (Å²) in [6.45, 7) is 13.2. The lowest BCUT2D eigenvalue weighted by Gasteiger charge is -2.39. The lowest BCUT2D eigenvalue weighted by molar-refractivity contribution is 0.0819. The third kappa shape index (κ3) is 6.66. The highest BCUT2D eigenvalue weighted by Gasteiger charge is 2.27.